The molecule has 2 N–H and O–H groups in total. The Morgan fingerprint density at radius 3 is 2.08 bits per heavy atom. The van der Waals surface area contributed by atoms with E-state index in [4.69, 9.17) is 10.5 Å². The van der Waals surface area contributed by atoms with Crippen molar-refractivity contribution in [1.29, 1.82) is 0 Å². The van der Waals surface area contributed by atoms with Crippen LogP contribution in [0.1, 0.15) is 66.5 Å². The van der Waals surface area contributed by atoms with Crippen LogP contribution >= 0.6 is 0 Å². The van der Waals surface area contributed by atoms with Crippen molar-refractivity contribution in [3.8, 4) is 0 Å². The Kier molecular flexibility index (Phi) is 9.98. The Morgan fingerprint density at radius 1 is 1.12 bits per heavy atom. The number of carbonyl (C=O) groups is 1. The van der Waals surface area contributed by atoms with Crippen LogP contribution in [-0.4, -0.2) is 11.6 Å². The predicted molar refractivity (Wildman–Crippen MR) is 104 cm³/mol. The fraction of sp³-hybridized carbons (Fsp3) is 0.476. The van der Waals surface area contributed by atoms with Crippen LogP contribution in [0.3, 0.4) is 0 Å². The molecule has 1 unspecified atom stereocenters. The lowest BCUT2D eigenvalue weighted by molar-refractivity contribution is -0.153. The summed E-state index contributed by atoms with van der Waals surface area (Å²) >= 11 is 0. The number of benzene rings is 2. The Balaban J connectivity index is 0.000000426. The van der Waals surface area contributed by atoms with Gasteiger partial charge in [-0.05, 0) is 49.6 Å². The van der Waals surface area contributed by atoms with E-state index in [1.807, 2.05) is 53.7 Å². The molecule has 0 radical (unpaired) electrons. The average molecular weight is 332 g/mol. The van der Waals surface area contributed by atoms with Crippen LogP contribution in [0.25, 0.3) is 10.8 Å². The Morgan fingerprint density at radius 2 is 1.67 bits per heavy atom. The van der Waals surface area contributed by atoms with Crippen molar-refractivity contribution in [2.24, 2.45) is 5.73 Å². The maximum absolute atomic E-state index is 10.4. The molecule has 0 bridgehead atoms. The molecule has 24 heavy (non-hydrogen) atoms. The molecule has 0 aliphatic rings. The third-order valence-electron chi connectivity index (χ3n) is 3.57. The SMILES string of the molecule is CC.CC(N)c1ccc2ccccc2c1.CCC(C)(C)OC(C)=O. The molecule has 2 aromatic rings. The molecule has 0 heterocycles. The van der Waals surface area contributed by atoms with Gasteiger partial charge in [0.25, 0.3) is 0 Å². The van der Waals surface area contributed by atoms with Gasteiger partial charge in [-0.15, -0.1) is 0 Å². The Labute approximate surface area is 147 Å². The number of hydrogen-bond donors (Lipinski definition) is 1. The highest BCUT2D eigenvalue weighted by Gasteiger charge is 2.17. The molecule has 0 amide bonds. The van der Waals surface area contributed by atoms with Crippen molar-refractivity contribution in [2.45, 2.75) is 66.5 Å². The minimum atomic E-state index is -0.286. The van der Waals surface area contributed by atoms with Crippen molar-refractivity contribution in [2.75, 3.05) is 0 Å². The molecule has 134 valence electrons. The number of rotatable bonds is 3. The first-order chi connectivity index (χ1) is 11.2. The van der Waals surface area contributed by atoms with Crippen molar-refractivity contribution < 1.29 is 9.53 Å². The van der Waals surface area contributed by atoms with E-state index in [0.29, 0.717) is 0 Å². The number of nitrogens with two attached hydrogens (primary N) is 1. The second-order valence-corrected chi connectivity index (χ2v) is 6.10. The first-order valence-corrected chi connectivity index (χ1v) is 8.69. The lowest BCUT2D eigenvalue weighted by Crippen LogP contribution is -2.25. The average Bonchev–Trinajstić information content (AvgIpc) is 2.55. The van der Waals surface area contributed by atoms with Gasteiger partial charge in [-0.25, -0.2) is 0 Å². The maximum atomic E-state index is 10.4. The summed E-state index contributed by atoms with van der Waals surface area (Å²) in [6.45, 7) is 13.2. The van der Waals surface area contributed by atoms with E-state index < -0.39 is 0 Å². The molecule has 0 saturated carbocycles. The van der Waals surface area contributed by atoms with Crippen LogP contribution in [0.2, 0.25) is 0 Å². The van der Waals surface area contributed by atoms with Gasteiger partial charge in [0.2, 0.25) is 0 Å². The smallest absolute Gasteiger partial charge is 0.303 e. The fourth-order valence-corrected chi connectivity index (χ4v) is 1.95. The van der Waals surface area contributed by atoms with Gasteiger partial charge in [0.15, 0.2) is 0 Å². The number of ether oxygens (including phenoxy) is 1. The zero-order valence-electron chi connectivity index (χ0n) is 16.2. The zero-order valence-corrected chi connectivity index (χ0v) is 16.2. The van der Waals surface area contributed by atoms with Crippen LogP contribution in [0, 0.1) is 0 Å². The van der Waals surface area contributed by atoms with E-state index >= 15 is 0 Å². The number of hydrogen-bond acceptors (Lipinski definition) is 3. The van der Waals surface area contributed by atoms with Crippen LogP contribution < -0.4 is 5.73 Å². The molecular formula is C21H33NO2. The molecule has 0 spiro atoms. The summed E-state index contributed by atoms with van der Waals surface area (Å²) in [6.07, 6.45) is 0.854. The van der Waals surface area contributed by atoms with Gasteiger partial charge in [0, 0.05) is 13.0 Å². The minimum Gasteiger partial charge on any atom is -0.460 e. The molecule has 0 aliphatic carbocycles. The van der Waals surface area contributed by atoms with E-state index in [2.05, 4.69) is 30.3 Å². The summed E-state index contributed by atoms with van der Waals surface area (Å²) in [5, 5.41) is 2.53. The third-order valence-corrected chi connectivity index (χ3v) is 3.57. The van der Waals surface area contributed by atoms with Gasteiger partial charge in [-0.2, -0.15) is 0 Å². The summed E-state index contributed by atoms with van der Waals surface area (Å²) in [7, 11) is 0. The van der Waals surface area contributed by atoms with Crippen LogP contribution in [0.4, 0.5) is 0 Å². The molecule has 1 atom stereocenters. The van der Waals surface area contributed by atoms with Gasteiger partial charge >= 0.3 is 5.97 Å². The van der Waals surface area contributed by atoms with E-state index in [-0.39, 0.29) is 17.6 Å². The molecular weight excluding hydrogens is 298 g/mol. The number of fused-ring (bicyclic) bond motifs is 1. The number of esters is 1. The molecule has 3 heteroatoms. The second kappa shape index (κ2) is 10.8. The lowest BCUT2D eigenvalue weighted by atomic mass is 10.0. The lowest BCUT2D eigenvalue weighted by Gasteiger charge is -2.21. The topological polar surface area (TPSA) is 52.3 Å². The van der Waals surface area contributed by atoms with Gasteiger partial charge in [-0.1, -0.05) is 57.2 Å². The van der Waals surface area contributed by atoms with E-state index in [9.17, 15) is 4.79 Å². The minimum absolute atomic E-state index is 0.115. The van der Waals surface area contributed by atoms with E-state index in [0.717, 1.165) is 6.42 Å². The fourth-order valence-electron chi connectivity index (χ4n) is 1.95. The van der Waals surface area contributed by atoms with Crippen molar-refractivity contribution in [3.63, 3.8) is 0 Å². The van der Waals surface area contributed by atoms with E-state index in [1.165, 1.54) is 23.3 Å². The van der Waals surface area contributed by atoms with Crippen molar-refractivity contribution in [3.05, 3.63) is 48.0 Å². The maximum Gasteiger partial charge on any atom is 0.303 e. The highest BCUT2D eigenvalue weighted by Crippen LogP contribution is 2.18. The predicted octanol–water partition coefficient (Wildman–Crippen LogP) is 5.62. The second-order valence-electron chi connectivity index (χ2n) is 6.10. The highest BCUT2D eigenvalue weighted by molar-refractivity contribution is 5.83. The molecule has 0 fully saturated rings. The summed E-state index contributed by atoms with van der Waals surface area (Å²) in [5.41, 5.74) is 6.71. The molecule has 2 rings (SSSR count). The summed E-state index contributed by atoms with van der Waals surface area (Å²) in [5.74, 6) is -0.207. The summed E-state index contributed by atoms with van der Waals surface area (Å²) in [6, 6.07) is 14.8. The molecule has 0 aliphatic heterocycles. The monoisotopic (exact) mass is 331 g/mol. The summed E-state index contributed by atoms with van der Waals surface area (Å²) < 4.78 is 4.95. The van der Waals surface area contributed by atoms with Crippen molar-refractivity contribution >= 4 is 16.7 Å². The van der Waals surface area contributed by atoms with E-state index in [1.54, 1.807) is 0 Å². The van der Waals surface area contributed by atoms with Crippen LogP contribution in [0.15, 0.2) is 42.5 Å². The molecule has 0 aromatic heterocycles. The van der Waals surface area contributed by atoms with Crippen molar-refractivity contribution in [1.82, 2.24) is 0 Å². The van der Waals surface area contributed by atoms with Gasteiger partial charge in [0.05, 0.1) is 0 Å². The third kappa shape index (κ3) is 8.11. The Bertz CT molecular complexity index is 618. The van der Waals surface area contributed by atoms with Gasteiger partial charge < -0.3 is 10.5 Å². The van der Waals surface area contributed by atoms with Gasteiger partial charge in [-0.3, -0.25) is 4.79 Å². The first-order valence-electron chi connectivity index (χ1n) is 8.69. The highest BCUT2D eigenvalue weighted by atomic mass is 16.6. The largest absolute Gasteiger partial charge is 0.460 e. The molecule has 0 saturated heterocycles. The molecule has 2 aromatic carbocycles. The Hall–Kier alpha value is -1.87. The normalized spacial score (nSPS) is 11.5. The first kappa shape index (κ1) is 22.1. The standard InChI is InChI=1S/C12H13N.C7H14O2.C2H6/c1-9(13)11-7-6-10-4-2-3-5-12(10)8-11;1-5-7(3,4)9-6(2)8;1-2/h2-9H,13H2,1H3;5H2,1-4H3;1-2H3. The van der Waals surface area contributed by atoms with Crippen LogP contribution in [0.5, 0.6) is 0 Å². The van der Waals surface area contributed by atoms with Crippen LogP contribution in [-0.2, 0) is 9.53 Å². The zero-order chi connectivity index (χ0) is 18.8. The number of carbonyl (C=O) groups excluding carboxylic acids is 1. The summed E-state index contributed by atoms with van der Waals surface area (Å²) in [4.78, 5) is 10.4. The van der Waals surface area contributed by atoms with Gasteiger partial charge in [0.1, 0.15) is 5.60 Å². The molecule has 3 nitrogen and oxygen atoms in total. The quantitative estimate of drug-likeness (QED) is 0.742.